The Morgan fingerprint density at radius 3 is 2.22 bits per heavy atom. The van der Waals surface area contributed by atoms with Crippen LogP contribution in [0.1, 0.15) is 52.9 Å². The Hall–Kier alpha value is -1.89. The van der Waals surface area contributed by atoms with E-state index in [0.29, 0.717) is 51.6 Å². The molecule has 3 aliphatic rings. The molecule has 2 N–H and O–H groups in total. The average molecular weight is 450 g/mol. The lowest BCUT2D eigenvalue weighted by Crippen LogP contribution is -2.61. The van der Waals surface area contributed by atoms with Crippen LogP contribution in [0.5, 0.6) is 0 Å². The van der Waals surface area contributed by atoms with Crippen molar-refractivity contribution in [2.45, 2.75) is 70.5 Å². The van der Waals surface area contributed by atoms with E-state index in [1.54, 1.807) is 4.90 Å². The Bertz CT molecular complexity index is 681. The van der Waals surface area contributed by atoms with Gasteiger partial charge in [-0.3, -0.25) is 9.69 Å². The number of carbonyl (C=O) groups excluding carboxylic acids is 2. The van der Waals surface area contributed by atoms with Crippen molar-refractivity contribution >= 4 is 11.9 Å². The third-order valence-corrected chi connectivity index (χ3v) is 6.66. The van der Waals surface area contributed by atoms with Crippen molar-refractivity contribution in [1.82, 2.24) is 20.4 Å². The van der Waals surface area contributed by atoms with Gasteiger partial charge in [0.1, 0.15) is 11.6 Å². The third-order valence-electron chi connectivity index (χ3n) is 6.66. The molecule has 0 bridgehead atoms. The Balaban J connectivity index is 1.61. The molecule has 3 heterocycles. The van der Waals surface area contributed by atoms with Crippen LogP contribution in [0, 0.1) is 16.7 Å². The summed E-state index contributed by atoms with van der Waals surface area (Å²) >= 11 is 0. The van der Waals surface area contributed by atoms with Gasteiger partial charge in [0.15, 0.2) is 0 Å². The standard InChI is InChI=1S/C23H39N5O4/c1-22(2,3)16-19(25-21(30)28-10-14-32-15-11-28)20(29)26-23(17-24)6-8-27(9-7-23)18-4-12-31-13-5-18/h18-19H,4-16H2,1-3H3,(H,25,30)(H,26,29). The summed E-state index contributed by atoms with van der Waals surface area (Å²) in [7, 11) is 0. The van der Waals surface area contributed by atoms with Gasteiger partial charge in [-0.2, -0.15) is 5.26 Å². The molecule has 0 radical (unpaired) electrons. The van der Waals surface area contributed by atoms with Crippen molar-refractivity contribution in [1.29, 1.82) is 5.26 Å². The summed E-state index contributed by atoms with van der Waals surface area (Å²) in [6.45, 7) is 11.3. The number of hydrogen-bond acceptors (Lipinski definition) is 6. The van der Waals surface area contributed by atoms with Crippen LogP contribution >= 0.6 is 0 Å². The molecule has 3 saturated heterocycles. The lowest BCUT2D eigenvalue weighted by molar-refractivity contribution is -0.125. The average Bonchev–Trinajstić information content (AvgIpc) is 2.79. The molecule has 0 saturated carbocycles. The minimum atomic E-state index is -0.890. The molecule has 0 aliphatic carbocycles. The lowest BCUT2D eigenvalue weighted by atomic mass is 9.85. The van der Waals surface area contributed by atoms with Crippen LogP contribution in [0.15, 0.2) is 0 Å². The number of likely N-dealkylation sites (tertiary alicyclic amines) is 1. The summed E-state index contributed by atoms with van der Waals surface area (Å²) in [5.74, 6) is -0.275. The van der Waals surface area contributed by atoms with Gasteiger partial charge in [-0.15, -0.1) is 0 Å². The first kappa shape index (κ1) is 24.7. The molecule has 32 heavy (non-hydrogen) atoms. The Labute approximate surface area is 191 Å². The fourth-order valence-corrected chi connectivity index (χ4v) is 4.74. The van der Waals surface area contributed by atoms with Crippen LogP contribution in [-0.2, 0) is 14.3 Å². The minimum Gasteiger partial charge on any atom is -0.381 e. The van der Waals surface area contributed by atoms with Crippen LogP contribution in [-0.4, -0.2) is 92.0 Å². The van der Waals surface area contributed by atoms with Gasteiger partial charge >= 0.3 is 6.03 Å². The number of ether oxygens (including phenoxy) is 2. The highest BCUT2D eigenvalue weighted by molar-refractivity contribution is 5.88. The minimum absolute atomic E-state index is 0.160. The number of morpholine rings is 1. The molecule has 3 rings (SSSR count). The molecular formula is C23H39N5O4. The van der Waals surface area contributed by atoms with Crippen molar-refractivity contribution in [3.63, 3.8) is 0 Å². The number of nitrogens with zero attached hydrogens (tertiary/aromatic N) is 3. The number of rotatable bonds is 5. The van der Waals surface area contributed by atoms with Crippen LogP contribution in [0.2, 0.25) is 0 Å². The van der Waals surface area contributed by atoms with Gasteiger partial charge in [0.05, 0.1) is 19.3 Å². The van der Waals surface area contributed by atoms with Gasteiger partial charge < -0.3 is 25.0 Å². The number of urea groups is 1. The maximum atomic E-state index is 13.3. The normalized spacial score (nSPS) is 23.8. The number of nitriles is 1. The third kappa shape index (κ3) is 6.80. The Morgan fingerprint density at radius 1 is 1.06 bits per heavy atom. The van der Waals surface area contributed by atoms with Crippen molar-refractivity contribution in [3.05, 3.63) is 0 Å². The molecule has 0 aromatic heterocycles. The first-order valence-electron chi connectivity index (χ1n) is 11.9. The molecule has 1 atom stereocenters. The second kappa shape index (κ2) is 10.8. The van der Waals surface area contributed by atoms with E-state index in [2.05, 4.69) is 21.6 Å². The SMILES string of the molecule is CC(C)(C)CC(NC(=O)N1CCOCC1)C(=O)NC1(C#N)CCN(C2CCOCC2)CC1. The first-order chi connectivity index (χ1) is 15.2. The van der Waals surface area contributed by atoms with Crippen molar-refractivity contribution in [3.8, 4) is 6.07 Å². The van der Waals surface area contributed by atoms with Crippen LogP contribution < -0.4 is 10.6 Å². The summed E-state index contributed by atoms with van der Waals surface area (Å²) < 4.78 is 10.8. The number of nitrogens with one attached hydrogen (secondary N) is 2. The van der Waals surface area contributed by atoms with Gasteiger partial charge in [0.25, 0.3) is 0 Å². The molecule has 3 amide bonds. The number of piperidine rings is 1. The van der Waals surface area contributed by atoms with Crippen molar-refractivity contribution < 1.29 is 19.1 Å². The molecule has 3 fully saturated rings. The molecule has 9 heteroatoms. The Kier molecular flexibility index (Phi) is 8.37. The van der Waals surface area contributed by atoms with Gasteiger partial charge in [0, 0.05) is 45.4 Å². The maximum Gasteiger partial charge on any atom is 0.318 e. The highest BCUT2D eigenvalue weighted by Gasteiger charge is 2.40. The van der Waals surface area contributed by atoms with Crippen LogP contribution in [0.3, 0.4) is 0 Å². The van der Waals surface area contributed by atoms with Gasteiger partial charge in [0.2, 0.25) is 5.91 Å². The van der Waals surface area contributed by atoms with Gasteiger partial charge in [-0.05, 0) is 37.5 Å². The summed E-state index contributed by atoms with van der Waals surface area (Å²) in [5, 5.41) is 15.9. The second-order valence-electron chi connectivity index (χ2n) is 10.4. The second-order valence-corrected chi connectivity index (χ2v) is 10.4. The van der Waals surface area contributed by atoms with Crippen LogP contribution in [0.4, 0.5) is 4.79 Å². The van der Waals surface area contributed by atoms with E-state index in [1.807, 2.05) is 20.8 Å². The van der Waals surface area contributed by atoms with Crippen LogP contribution in [0.25, 0.3) is 0 Å². The number of hydrogen-bond donors (Lipinski definition) is 2. The van der Waals surface area contributed by atoms with Crippen molar-refractivity contribution in [2.75, 3.05) is 52.6 Å². The lowest BCUT2D eigenvalue weighted by Gasteiger charge is -2.43. The zero-order chi connectivity index (χ0) is 23.2. The molecular weight excluding hydrogens is 410 g/mol. The van der Waals surface area contributed by atoms with E-state index in [0.717, 1.165) is 39.1 Å². The van der Waals surface area contributed by atoms with Crippen molar-refractivity contribution in [2.24, 2.45) is 5.41 Å². The largest absolute Gasteiger partial charge is 0.381 e. The monoisotopic (exact) mass is 449 g/mol. The van der Waals surface area contributed by atoms with E-state index in [-0.39, 0.29) is 17.4 Å². The van der Waals surface area contributed by atoms with E-state index in [4.69, 9.17) is 9.47 Å². The van der Waals surface area contributed by atoms with Gasteiger partial charge in [-0.1, -0.05) is 20.8 Å². The molecule has 9 nitrogen and oxygen atoms in total. The number of amides is 3. The topological polar surface area (TPSA) is 107 Å². The fraction of sp³-hybridized carbons (Fsp3) is 0.870. The van der Waals surface area contributed by atoms with E-state index in [9.17, 15) is 14.9 Å². The summed E-state index contributed by atoms with van der Waals surface area (Å²) in [4.78, 5) is 30.2. The summed E-state index contributed by atoms with van der Waals surface area (Å²) in [6.07, 6.45) is 3.71. The van der Waals surface area contributed by atoms with E-state index >= 15 is 0 Å². The highest BCUT2D eigenvalue weighted by atomic mass is 16.5. The molecule has 0 spiro atoms. The van der Waals surface area contributed by atoms with Gasteiger partial charge in [-0.25, -0.2) is 4.79 Å². The maximum absolute atomic E-state index is 13.3. The smallest absolute Gasteiger partial charge is 0.318 e. The zero-order valence-corrected chi connectivity index (χ0v) is 19.8. The molecule has 0 aromatic carbocycles. The predicted octanol–water partition coefficient (Wildman–Crippen LogP) is 1.49. The molecule has 0 aromatic rings. The molecule has 3 aliphatic heterocycles. The Morgan fingerprint density at radius 2 is 1.66 bits per heavy atom. The molecule has 180 valence electrons. The fourth-order valence-electron chi connectivity index (χ4n) is 4.74. The zero-order valence-electron chi connectivity index (χ0n) is 19.8. The molecule has 1 unspecified atom stereocenters. The summed E-state index contributed by atoms with van der Waals surface area (Å²) in [5.41, 5.74) is -1.05. The van der Waals surface area contributed by atoms with E-state index in [1.165, 1.54) is 0 Å². The highest BCUT2D eigenvalue weighted by Crippen LogP contribution is 2.27. The summed E-state index contributed by atoms with van der Waals surface area (Å²) in [6, 6.07) is 1.94. The predicted molar refractivity (Wildman–Crippen MR) is 120 cm³/mol. The number of carbonyl (C=O) groups is 2. The first-order valence-corrected chi connectivity index (χ1v) is 11.9. The van der Waals surface area contributed by atoms with E-state index < -0.39 is 11.6 Å². The quantitative estimate of drug-likeness (QED) is 0.659.